The van der Waals surface area contributed by atoms with Gasteiger partial charge >= 0.3 is 6.03 Å². The molecule has 5 nitrogen and oxygen atoms in total. The van der Waals surface area contributed by atoms with E-state index < -0.39 is 0 Å². The van der Waals surface area contributed by atoms with Crippen LogP contribution in [0.3, 0.4) is 0 Å². The zero-order valence-electron chi connectivity index (χ0n) is 13.1. The maximum absolute atomic E-state index is 11.8. The third-order valence-electron chi connectivity index (χ3n) is 3.93. The lowest BCUT2D eigenvalue weighted by atomic mass is 10.3. The zero-order valence-corrected chi connectivity index (χ0v) is 13.9. The van der Waals surface area contributed by atoms with Crippen molar-refractivity contribution >= 4 is 23.2 Å². The predicted octanol–water partition coefficient (Wildman–Crippen LogP) is 2.79. The first-order valence-corrected chi connectivity index (χ1v) is 8.93. The van der Waals surface area contributed by atoms with Gasteiger partial charge in [-0.3, -0.25) is 0 Å². The first kappa shape index (κ1) is 15.8. The summed E-state index contributed by atoms with van der Waals surface area (Å²) < 4.78 is 0. The summed E-state index contributed by atoms with van der Waals surface area (Å²) in [5.74, 6) is 1.03. The highest BCUT2D eigenvalue weighted by molar-refractivity contribution is 7.09. The van der Waals surface area contributed by atoms with E-state index in [0.717, 1.165) is 30.9 Å². The average molecular weight is 330 g/mol. The SMILES string of the molecule is O=C(NCCc1cccs1)NCc1ccc(N2CCCC2)nc1. The molecule has 0 bridgehead atoms. The topological polar surface area (TPSA) is 57.3 Å². The molecular formula is C17H22N4OS. The zero-order chi connectivity index (χ0) is 15.9. The number of nitrogens with one attached hydrogen (secondary N) is 2. The normalized spacial score (nSPS) is 14.0. The Morgan fingerprint density at radius 2 is 2.09 bits per heavy atom. The Morgan fingerprint density at radius 3 is 2.78 bits per heavy atom. The number of rotatable bonds is 6. The van der Waals surface area contributed by atoms with Crippen molar-refractivity contribution in [2.24, 2.45) is 0 Å². The van der Waals surface area contributed by atoms with Gasteiger partial charge < -0.3 is 15.5 Å². The van der Waals surface area contributed by atoms with Crippen molar-refractivity contribution < 1.29 is 4.79 Å². The summed E-state index contributed by atoms with van der Waals surface area (Å²) in [6.45, 7) is 3.34. The minimum atomic E-state index is -0.134. The van der Waals surface area contributed by atoms with Crippen LogP contribution in [0, 0.1) is 0 Å². The first-order valence-electron chi connectivity index (χ1n) is 8.05. The van der Waals surface area contributed by atoms with Gasteiger partial charge in [0.2, 0.25) is 0 Å². The van der Waals surface area contributed by atoms with Gasteiger partial charge in [0.05, 0.1) is 0 Å². The Labute approximate surface area is 140 Å². The minimum Gasteiger partial charge on any atom is -0.357 e. The fraction of sp³-hybridized carbons (Fsp3) is 0.412. The summed E-state index contributed by atoms with van der Waals surface area (Å²) in [4.78, 5) is 19.8. The van der Waals surface area contributed by atoms with E-state index >= 15 is 0 Å². The minimum absolute atomic E-state index is 0.134. The van der Waals surface area contributed by atoms with Gasteiger partial charge in [0.15, 0.2) is 0 Å². The molecule has 0 saturated carbocycles. The van der Waals surface area contributed by atoms with Gasteiger partial charge in [-0.15, -0.1) is 11.3 Å². The smallest absolute Gasteiger partial charge is 0.315 e. The van der Waals surface area contributed by atoms with Crippen LogP contribution in [0.25, 0.3) is 0 Å². The van der Waals surface area contributed by atoms with Crippen LogP contribution in [0.4, 0.5) is 10.6 Å². The second-order valence-electron chi connectivity index (χ2n) is 5.66. The van der Waals surface area contributed by atoms with E-state index in [-0.39, 0.29) is 6.03 Å². The van der Waals surface area contributed by atoms with Gasteiger partial charge in [-0.1, -0.05) is 12.1 Å². The number of anilines is 1. The molecule has 23 heavy (non-hydrogen) atoms. The van der Waals surface area contributed by atoms with E-state index in [1.165, 1.54) is 17.7 Å². The second-order valence-corrected chi connectivity index (χ2v) is 6.69. The second kappa shape index (κ2) is 7.97. The van der Waals surface area contributed by atoms with Crippen LogP contribution in [0.15, 0.2) is 35.8 Å². The van der Waals surface area contributed by atoms with Crippen LogP contribution in [0.1, 0.15) is 23.3 Å². The summed E-state index contributed by atoms with van der Waals surface area (Å²) in [5, 5.41) is 7.79. The highest BCUT2D eigenvalue weighted by Gasteiger charge is 2.12. The average Bonchev–Trinajstić information content (AvgIpc) is 3.27. The number of hydrogen-bond acceptors (Lipinski definition) is 4. The summed E-state index contributed by atoms with van der Waals surface area (Å²) in [6.07, 6.45) is 5.21. The molecular weight excluding hydrogens is 308 g/mol. The summed E-state index contributed by atoms with van der Waals surface area (Å²) in [6, 6.07) is 8.05. The first-order chi connectivity index (χ1) is 11.3. The van der Waals surface area contributed by atoms with Crippen molar-refractivity contribution in [2.75, 3.05) is 24.5 Å². The highest BCUT2D eigenvalue weighted by atomic mass is 32.1. The van der Waals surface area contributed by atoms with Crippen LogP contribution >= 0.6 is 11.3 Å². The van der Waals surface area contributed by atoms with Crippen molar-refractivity contribution in [1.29, 1.82) is 0 Å². The molecule has 1 saturated heterocycles. The lowest BCUT2D eigenvalue weighted by Crippen LogP contribution is -2.36. The predicted molar refractivity (Wildman–Crippen MR) is 93.9 cm³/mol. The van der Waals surface area contributed by atoms with Crippen LogP contribution < -0.4 is 15.5 Å². The molecule has 3 rings (SSSR count). The van der Waals surface area contributed by atoms with Gasteiger partial charge in [-0.05, 0) is 42.3 Å². The Balaban J connectivity index is 1.38. The van der Waals surface area contributed by atoms with E-state index in [9.17, 15) is 4.79 Å². The Bertz CT molecular complexity index is 606. The fourth-order valence-corrected chi connectivity index (χ4v) is 3.36. The van der Waals surface area contributed by atoms with E-state index in [0.29, 0.717) is 13.1 Å². The molecule has 1 aliphatic heterocycles. The van der Waals surface area contributed by atoms with Gasteiger partial charge in [0.25, 0.3) is 0 Å². The fourth-order valence-electron chi connectivity index (χ4n) is 2.65. The molecule has 1 aliphatic rings. The largest absolute Gasteiger partial charge is 0.357 e. The summed E-state index contributed by atoms with van der Waals surface area (Å²) in [5.41, 5.74) is 1.02. The van der Waals surface area contributed by atoms with E-state index in [4.69, 9.17) is 0 Å². The molecule has 1 fully saturated rings. The van der Waals surface area contributed by atoms with Crippen LogP contribution in [-0.2, 0) is 13.0 Å². The van der Waals surface area contributed by atoms with Crippen LogP contribution in [0.5, 0.6) is 0 Å². The Morgan fingerprint density at radius 1 is 1.22 bits per heavy atom. The number of carbonyl (C=O) groups excluding carboxylic acids is 1. The van der Waals surface area contributed by atoms with Crippen molar-refractivity contribution in [1.82, 2.24) is 15.6 Å². The molecule has 2 amide bonds. The summed E-state index contributed by atoms with van der Waals surface area (Å²) >= 11 is 1.71. The quantitative estimate of drug-likeness (QED) is 0.856. The van der Waals surface area contributed by atoms with Crippen molar-refractivity contribution in [3.05, 3.63) is 46.3 Å². The lowest BCUT2D eigenvalue weighted by molar-refractivity contribution is 0.240. The maximum atomic E-state index is 11.8. The third-order valence-corrected chi connectivity index (χ3v) is 4.87. The number of amides is 2. The highest BCUT2D eigenvalue weighted by Crippen LogP contribution is 2.17. The lowest BCUT2D eigenvalue weighted by Gasteiger charge is -2.16. The molecule has 0 atom stereocenters. The van der Waals surface area contributed by atoms with Gasteiger partial charge in [-0.25, -0.2) is 9.78 Å². The maximum Gasteiger partial charge on any atom is 0.315 e. The molecule has 0 radical (unpaired) electrons. The molecule has 6 heteroatoms. The number of hydrogen-bond donors (Lipinski definition) is 2. The summed E-state index contributed by atoms with van der Waals surface area (Å²) in [7, 11) is 0. The van der Waals surface area contributed by atoms with Crippen LogP contribution in [0.2, 0.25) is 0 Å². The Hall–Kier alpha value is -2.08. The molecule has 2 aromatic rings. The number of nitrogens with zero attached hydrogens (tertiary/aromatic N) is 2. The molecule has 0 unspecified atom stereocenters. The number of aromatic nitrogens is 1. The standard InChI is InChI=1S/C17H22N4OS/c22-17(18-8-7-15-4-3-11-23-15)20-13-14-5-6-16(19-12-14)21-9-1-2-10-21/h3-6,11-12H,1-2,7-10,13H2,(H2,18,20,22). The molecule has 0 aliphatic carbocycles. The molecule has 0 aromatic carbocycles. The number of pyridine rings is 1. The Kier molecular flexibility index (Phi) is 5.47. The van der Waals surface area contributed by atoms with Gasteiger partial charge in [0.1, 0.15) is 5.82 Å². The molecule has 122 valence electrons. The molecule has 3 heterocycles. The number of thiophene rings is 1. The van der Waals surface area contributed by atoms with Gasteiger partial charge in [-0.2, -0.15) is 0 Å². The van der Waals surface area contributed by atoms with E-state index in [2.05, 4.69) is 26.6 Å². The van der Waals surface area contributed by atoms with Crippen LogP contribution in [-0.4, -0.2) is 30.6 Å². The van der Waals surface area contributed by atoms with Crippen molar-refractivity contribution in [3.63, 3.8) is 0 Å². The third kappa shape index (κ3) is 4.69. The monoisotopic (exact) mass is 330 g/mol. The molecule has 0 spiro atoms. The number of carbonyl (C=O) groups is 1. The number of urea groups is 1. The molecule has 2 N–H and O–H groups in total. The molecule has 2 aromatic heterocycles. The van der Waals surface area contributed by atoms with E-state index in [1.54, 1.807) is 11.3 Å². The van der Waals surface area contributed by atoms with Crippen molar-refractivity contribution in [2.45, 2.75) is 25.8 Å². The van der Waals surface area contributed by atoms with Crippen molar-refractivity contribution in [3.8, 4) is 0 Å². The van der Waals surface area contributed by atoms with Gasteiger partial charge in [0, 0.05) is 37.3 Å². The van der Waals surface area contributed by atoms with E-state index in [1.807, 2.05) is 29.8 Å².